The largest absolute Gasteiger partial charge is 0.369 e. The van der Waals surface area contributed by atoms with E-state index in [2.05, 4.69) is 29.2 Å². The van der Waals surface area contributed by atoms with Crippen LogP contribution in [-0.2, 0) is 16.0 Å². The minimum Gasteiger partial charge on any atom is -0.369 e. The Hall–Kier alpha value is -2.69. The average Bonchev–Trinajstić information content (AvgIpc) is 2.81. The number of amides is 2. The van der Waals surface area contributed by atoms with Crippen molar-refractivity contribution in [1.82, 2.24) is 9.88 Å². The summed E-state index contributed by atoms with van der Waals surface area (Å²) in [7, 11) is 0. The van der Waals surface area contributed by atoms with E-state index in [4.69, 9.17) is 5.73 Å². The van der Waals surface area contributed by atoms with Gasteiger partial charge in [0.25, 0.3) is 0 Å². The number of aromatic nitrogens is 1. The van der Waals surface area contributed by atoms with Gasteiger partial charge in [-0.15, -0.1) is 0 Å². The van der Waals surface area contributed by atoms with Gasteiger partial charge in [0.05, 0.1) is 5.41 Å². The zero-order valence-corrected chi connectivity index (χ0v) is 18.3. The molecule has 1 aliphatic carbocycles. The second kappa shape index (κ2) is 9.63. The van der Waals surface area contributed by atoms with Crippen molar-refractivity contribution in [1.29, 1.82) is 0 Å². The molecule has 0 bridgehead atoms. The molecule has 2 amide bonds. The first-order valence-electron chi connectivity index (χ1n) is 11.6. The summed E-state index contributed by atoms with van der Waals surface area (Å²) in [5, 5.41) is 0. The van der Waals surface area contributed by atoms with E-state index in [0.717, 1.165) is 16.7 Å². The number of benzene rings is 1. The molecule has 2 N–H and O–H groups in total. The maximum atomic E-state index is 12.8. The van der Waals surface area contributed by atoms with Crippen molar-refractivity contribution in [2.24, 2.45) is 17.1 Å². The molecule has 0 radical (unpaired) electrons. The molecule has 1 aromatic carbocycles. The Labute approximate surface area is 185 Å². The van der Waals surface area contributed by atoms with Crippen LogP contribution in [0.4, 0.5) is 0 Å². The van der Waals surface area contributed by atoms with Crippen LogP contribution in [0.15, 0.2) is 48.8 Å². The van der Waals surface area contributed by atoms with Gasteiger partial charge in [0.1, 0.15) is 0 Å². The first-order chi connectivity index (χ1) is 15.1. The predicted molar refractivity (Wildman–Crippen MR) is 122 cm³/mol. The van der Waals surface area contributed by atoms with E-state index < -0.39 is 5.41 Å². The van der Waals surface area contributed by atoms with Crippen LogP contribution < -0.4 is 5.73 Å². The van der Waals surface area contributed by atoms with Crippen LogP contribution in [0.5, 0.6) is 0 Å². The third-order valence-electron chi connectivity index (χ3n) is 7.29. The minimum atomic E-state index is -0.570. The fourth-order valence-corrected chi connectivity index (χ4v) is 5.21. The maximum absolute atomic E-state index is 12.8. The van der Waals surface area contributed by atoms with E-state index in [1.54, 1.807) is 12.4 Å². The highest BCUT2D eigenvalue weighted by Crippen LogP contribution is 2.36. The monoisotopic (exact) mass is 419 g/mol. The molecule has 2 heterocycles. The van der Waals surface area contributed by atoms with E-state index >= 15 is 0 Å². The van der Waals surface area contributed by atoms with Crippen LogP contribution in [0, 0.1) is 11.3 Å². The Balaban J connectivity index is 1.37. The van der Waals surface area contributed by atoms with E-state index in [0.29, 0.717) is 44.7 Å². The smallest absolute Gasteiger partial charge is 0.224 e. The van der Waals surface area contributed by atoms with E-state index in [1.807, 2.05) is 17.0 Å². The Bertz CT molecular complexity index is 881. The highest BCUT2D eigenvalue weighted by Gasteiger charge is 2.41. The molecule has 164 valence electrons. The first-order valence-corrected chi connectivity index (χ1v) is 11.6. The third kappa shape index (κ3) is 5.15. The van der Waals surface area contributed by atoms with Crippen molar-refractivity contribution >= 4 is 11.8 Å². The first kappa shape index (κ1) is 21.5. The Kier molecular flexibility index (Phi) is 6.69. The number of hydrogen-bond acceptors (Lipinski definition) is 3. The van der Waals surface area contributed by atoms with Crippen molar-refractivity contribution < 1.29 is 9.59 Å². The molecule has 1 aromatic heterocycles. The van der Waals surface area contributed by atoms with Crippen molar-refractivity contribution in [2.75, 3.05) is 13.1 Å². The number of pyridine rings is 1. The van der Waals surface area contributed by atoms with Gasteiger partial charge in [-0.3, -0.25) is 14.6 Å². The lowest BCUT2D eigenvalue weighted by Crippen LogP contribution is -2.50. The summed E-state index contributed by atoms with van der Waals surface area (Å²) in [5.41, 5.74) is 8.68. The number of carbonyl (C=O) groups excluding carboxylic acids is 2. The molecule has 4 rings (SSSR count). The molecule has 0 spiro atoms. The molecular weight excluding hydrogens is 386 g/mol. The summed E-state index contributed by atoms with van der Waals surface area (Å²) in [5.74, 6) is 0.555. The highest BCUT2D eigenvalue weighted by molar-refractivity contribution is 5.82. The molecule has 1 saturated carbocycles. The number of rotatable bonds is 6. The Morgan fingerprint density at radius 2 is 1.55 bits per heavy atom. The molecule has 31 heavy (non-hydrogen) atoms. The summed E-state index contributed by atoms with van der Waals surface area (Å²) in [4.78, 5) is 31.3. The molecule has 2 fully saturated rings. The molecule has 0 unspecified atom stereocenters. The van der Waals surface area contributed by atoms with Crippen molar-refractivity contribution in [3.8, 4) is 11.1 Å². The second-order valence-electron chi connectivity index (χ2n) is 9.34. The van der Waals surface area contributed by atoms with Gasteiger partial charge in [0, 0.05) is 31.9 Å². The van der Waals surface area contributed by atoms with Crippen molar-refractivity contribution in [2.45, 2.75) is 57.8 Å². The number of hydrogen-bond donors (Lipinski definition) is 1. The van der Waals surface area contributed by atoms with Crippen LogP contribution >= 0.6 is 0 Å². The van der Waals surface area contributed by atoms with Crippen LogP contribution in [0.3, 0.4) is 0 Å². The summed E-state index contributed by atoms with van der Waals surface area (Å²) in [6.07, 6.45) is 12.3. The van der Waals surface area contributed by atoms with Crippen LogP contribution in [0.2, 0.25) is 0 Å². The number of primary amides is 1. The normalized spacial score (nSPS) is 19.2. The SMILES string of the molecule is NC(=O)C1(Cc2ccc(-c3ccncc3)cc2)CCN(C(=O)CC2CCCCC2)CC1. The predicted octanol–water partition coefficient (Wildman–Crippen LogP) is 4.36. The molecule has 2 aromatic rings. The van der Waals surface area contributed by atoms with E-state index in [1.165, 1.54) is 32.1 Å². The molecule has 2 aliphatic rings. The Morgan fingerprint density at radius 3 is 2.16 bits per heavy atom. The van der Waals surface area contributed by atoms with Gasteiger partial charge in [0.15, 0.2) is 0 Å². The van der Waals surface area contributed by atoms with Gasteiger partial charge in [-0.2, -0.15) is 0 Å². The van der Waals surface area contributed by atoms with Crippen molar-refractivity contribution in [3.63, 3.8) is 0 Å². The highest BCUT2D eigenvalue weighted by atomic mass is 16.2. The zero-order chi connectivity index (χ0) is 21.7. The number of nitrogens with two attached hydrogens (primary N) is 1. The van der Waals surface area contributed by atoms with E-state index in [9.17, 15) is 9.59 Å². The van der Waals surface area contributed by atoms with E-state index in [-0.39, 0.29) is 11.8 Å². The summed E-state index contributed by atoms with van der Waals surface area (Å²) >= 11 is 0. The molecule has 0 atom stereocenters. The minimum absolute atomic E-state index is 0.245. The number of piperidine rings is 1. The molecule has 5 heteroatoms. The van der Waals surface area contributed by atoms with Crippen LogP contribution in [0.25, 0.3) is 11.1 Å². The third-order valence-corrected chi connectivity index (χ3v) is 7.29. The standard InChI is InChI=1S/C26H33N3O2/c27-25(31)26(19-21-6-8-22(9-7-21)23-10-14-28-15-11-23)12-16-29(17-13-26)24(30)18-20-4-2-1-3-5-20/h6-11,14-15,20H,1-5,12-13,16-19H2,(H2,27,31). The van der Waals surface area contributed by atoms with Gasteiger partial charge in [-0.25, -0.2) is 0 Å². The lowest BCUT2D eigenvalue weighted by molar-refractivity contribution is -0.139. The van der Waals surface area contributed by atoms with Gasteiger partial charge >= 0.3 is 0 Å². The number of likely N-dealkylation sites (tertiary alicyclic amines) is 1. The Morgan fingerprint density at radius 1 is 0.935 bits per heavy atom. The molecule has 1 saturated heterocycles. The maximum Gasteiger partial charge on any atom is 0.224 e. The van der Waals surface area contributed by atoms with Gasteiger partial charge in [0.2, 0.25) is 11.8 Å². The fourth-order valence-electron chi connectivity index (χ4n) is 5.21. The van der Waals surface area contributed by atoms with Gasteiger partial charge < -0.3 is 10.6 Å². The topological polar surface area (TPSA) is 76.3 Å². The van der Waals surface area contributed by atoms with Crippen LogP contribution in [0.1, 0.15) is 56.9 Å². The average molecular weight is 420 g/mol. The molecular formula is C26H33N3O2. The number of carbonyl (C=O) groups is 2. The van der Waals surface area contributed by atoms with Gasteiger partial charge in [-0.1, -0.05) is 43.5 Å². The lowest BCUT2D eigenvalue weighted by Gasteiger charge is -2.40. The lowest BCUT2D eigenvalue weighted by atomic mass is 9.73. The quantitative estimate of drug-likeness (QED) is 0.756. The van der Waals surface area contributed by atoms with Gasteiger partial charge in [-0.05, 0) is 66.8 Å². The number of nitrogens with zero attached hydrogens (tertiary/aromatic N) is 2. The zero-order valence-electron chi connectivity index (χ0n) is 18.3. The summed E-state index contributed by atoms with van der Waals surface area (Å²) in [6, 6.07) is 12.3. The summed E-state index contributed by atoms with van der Waals surface area (Å²) < 4.78 is 0. The van der Waals surface area contributed by atoms with Crippen LogP contribution in [-0.4, -0.2) is 34.8 Å². The molecule has 1 aliphatic heterocycles. The summed E-state index contributed by atoms with van der Waals surface area (Å²) in [6.45, 7) is 1.26. The molecule has 5 nitrogen and oxygen atoms in total. The van der Waals surface area contributed by atoms with Crippen molar-refractivity contribution in [3.05, 3.63) is 54.4 Å². The second-order valence-corrected chi connectivity index (χ2v) is 9.34. The fraction of sp³-hybridized carbons (Fsp3) is 0.500.